The quantitative estimate of drug-likeness (QED) is 0.489. The van der Waals surface area contributed by atoms with Crippen molar-refractivity contribution in [2.75, 3.05) is 12.8 Å². The minimum absolute atomic E-state index is 0.0517. The molecule has 0 aliphatic carbocycles. The van der Waals surface area contributed by atoms with Crippen molar-refractivity contribution in [3.63, 3.8) is 0 Å². The molecule has 0 saturated heterocycles. The summed E-state index contributed by atoms with van der Waals surface area (Å²) in [6, 6.07) is 10.3. The highest BCUT2D eigenvalue weighted by Crippen LogP contribution is 2.18. The van der Waals surface area contributed by atoms with Crippen LogP contribution in [0.15, 0.2) is 47.1 Å². The molecule has 6 nitrogen and oxygen atoms in total. The highest BCUT2D eigenvalue weighted by molar-refractivity contribution is 7.91. The molecule has 29 heavy (non-hydrogen) atoms. The van der Waals surface area contributed by atoms with Crippen molar-refractivity contribution in [1.82, 2.24) is 19.4 Å². The van der Waals surface area contributed by atoms with Crippen molar-refractivity contribution in [3.05, 3.63) is 63.9 Å². The normalized spacial score (nSPS) is 12.0. The maximum atomic E-state index is 12.5. The van der Waals surface area contributed by atoms with Gasteiger partial charge < -0.3 is 4.57 Å². The lowest BCUT2D eigenvalue weighted by Crippen LogP contribution is -2.21. The number of sulfone groups is 1. The van der Waals surface area contributed by atoms with E-state index in [4.69, 9.17) is 0 Å². The van der Waals surface area contributed by atoms with E-state index >= 15 is 0 Å². The minimum atomic E-state index is -3.37. The SMILES string of the molecule is CCS(=O)(=O)c1ncc(CN(C)Cc2csc(C)n2)n1CCCc1ccccc1. The minimum Gasteiger partial charge on any atom is -0.318 e. The highest BCUT2D eigenvalue weighted by atomic mass is 32.2. The van der Waals surface area contributed by atoms with Gasteiger partial charge in [0.05, 0.1) is 28.3 Å². The Morgan fingerprint density at radius 2 is 1.93 bits per heavy atom. The van der Waals surface area contributed by atoms with Gasteiger partial charge in [-0.25, -0.2) is 18.4 Å². The van der Waals surface area contributed by atoms with Crippen LogP contribution in [-0.2, 0) is 35.9 Å². The zero-order chi connectivity index (χ0) is 20.9. The molecular formula is C21H28N4O2S2. The maximum absolute atomic E-state index is 12.5. The van der Waals surface area contributed by atoms with Crippen LogP contribution in [0.2, 0.25) is 0 Å². The molecule has 0 fully saturated rings. The van der Waals surface area contributed by atoms with Crippen LogP contribution in [0.3, 0.4) is 0 Å². The second kappa shape index (κ2) is 9.65. The van der Waals surface area contributed by atoms with Crippen LogP contribution >= 0.6 is 11.3 Å². The molecule has 0 amide bonds. The van der Waals surface area contributed by atoms with Crippen LogP contribution < -0.4 is 0 Å². The molecular weight excluding hydrogens is 404 g/mol. The molecule has 1 aromatic carbocycles. The number of rotatable bonds is 10. The van der Waals surface area contributed by atoms with Crippen molar-refractivity contribution < 1.29 is 8.42 Å². The third-order valence-electron chi connectivity index (χ3n) is 4.78. The first kappa shape index (κ1) is 21.7. The second-order valence-electron chi connectivity index (χ2n) is 7.21. The molecule has 2 heterocycles. The molecule has 156 valence electrons. The fourth-order valence-corrected chi connectivity index (χ4v) is 4.93. The maximum Gasteiger partial charge on any atom is 0.227 e. The van der Waals surface area contributed by atoms with E-state index in [1.54, 1.807) is 24.5 Å². The molecule has 0 atom stereocenters. The van der Waals surface area contributed by atoms with Gasteiger partial charge in [-0.15, -0.1) is 11.3 Å². The number of aromatic nitrogens is 3. The first-order valence-electron chi connectivity index (χ1n) is 9.79. The molecule has 0 aliphatic heterocycles. The molecule has 3 aromatic rings. The van der Waals surface area contributed by atoms with Crippen LogP contribution in [0.5, 0.6) is 0 Å². The summed E-state index contributed by atoms with van der Waals surface area (Å²) < 4.78 is 27.0. The molecule has 0 radical (unpaired) electrons. The van der Waals surface area contributed by atoms with Crippen LogP contribution in [0.4, 0.5) is 0 Å². The monoisotopic (exact) mass is 432 g/mol. The fraction of sp³-hybridized carbons (Fsp3) is 0.429. The molecule has 0 unspecified atom stereocenters. The van der Waals surface area contributed by atoms with Gasteiger partial charge in [0, 0.05) is 25.0 Å². The third kappa shape index (κ3) is 5.74. The van der Waals surface area contributed by atoms with E-state index in [0.29, 0.717) is 13.1 Å². The summed E-state index contributed by atoms with van der Waals surface area (Å²) in [6.07, 6.45) is 3.46. The summed E-state index contributed by atoms with van der Waals surface area (Å²) in [5.74, 6) is 0.0517. The lowest BCUT2D eigenvalue weighted by atomic mass is 10.1. The van der Waals surface area contributed by atoms with Crippen molar-refractivity contribution in [1.29, 1.82) is 0 Å². The number of benzene rings is 1. The molecule has 0 saturated carbocycles. The molecule has 0 bridgehead atoms. The Kier molecular flexibility index (Phi) is 7.21. The molecule has 0 aliphatic rings. The van der Waals surface area contributed by atoms with Crippen LogP contribution in [0, 0.1) is 6.92 Å². The zero-order valence-corrected chi connectivity index (χ0v) is 18.8. The molecule has 3 rings (SSSR count). The molecule has 8 heteroatoms. The van der Waals surface area contributed by atoms with Crippen LogP contribution in [0.25, 0.3) is 0 Å². The average Bonchev–Trinajstić information content (AvgIpc) is 3.29. The zero-order valence-electron chi connectivity index (χ0n) is 17.2. The Morgan fingerprint density at radius 1 is 1.17 bits per heavy atom. The first-order chi connectivity index (χ1) is 13.9. The summed E-state index contributed by atoms with van der Waals surface area (Å²) in [5, 5.41) is 3.30. The second-order valence-corrected chi connectivity index (χ2v) is 10.4. The van der Waals surface area contributed by atoms with Gasteiger partial charge in [0.1, 0.15) is 0 Å². The predicted molar refractivity (Wildman–Crippen MR) is 117 cm³/mol. The van der Waals surface area contributed by atoms with Gasteiger partial charge in [-0.3, -0.25) is 4.90 Å². The summed E-state index contributed by atoms with van der Waals surface area (Å²) in [5.41, 5.74) is 3.20. The lowest BCUT2D eigenvalue weighted by molar-refractivity contribution is 0.304. The van der Waals surface area contributed by atoms with Crippen molar-refractivity contribution >= 4 is 21.2 Å². The fourth-order valence-electron chi connectivity index (χ4n) is 3.31. The van der Waals surface area contributed by atoms with Gasteiger partial charge in [-0.05, 0) is 32.4 Å². The number of nitrogens with zero attached hydrogens (tertiary/aromatic N) is 4. The predicted octanol–water partition coefficient (Wildman–Crippen LogP) is 3.71. The van der Waals surface area contributed by atoms with E-state index in [1.807, 2.05) is 36.7 Å². The summed E-state index contributed by atoms with van der Waals surface area (Å²) >= 11 is 1.64. The summed E-state index contributed by atoms with van der Waals surface area (Å²) in [4.78, 5) is 10.9. The Labute approximate surface area is 177 Å². The standard InChI is InChI=1S/C21H28N4O2S2/c1-4-29(26,27)21-22-13-20(15-24(3)14-19-16-28-17(2)23-19)25(21)12-8-11-18-9-6-5-7-10-18/h5-7,9-10,13,16H,4,8,11-12,14-15H2,1-3H3. The van der Waals surface area contributed by atoms with Crippen LogP contribution in [0.1, 0.15) is 35.3 Å². The Hall–Kier alpha value is -2.03. The van der Waals surface area contributed by atoms with Gasteiger partial charge in [0.15, 0.2) is 0 Å². The number of hydrogen-bond donors (Lipinski definition) is 0. The van der Waals surface area contributed by atoms with Gasteiger partial charge in [0.25, 0.3) is 0 Å². The average molecular weight is 433 g/mol. The molecule has 0 N–H and O–H groups in total. The number of aryl methyl sites for hydroxylation is 2. The van der Waals surface area contributed by atoms with Gasteiger partial charge in [-0.1, -0.05) is 37.3 Å². The number of hydrogen-bond acceptors (Lipinski definition) is 6. The third-order valence-corrected chi connectivity index (χ3v) is 7.24. The van der Waals surface area contributed by atoms with Crippen molar-refractivity contribution in [2.45, 2.75) is 51.5 Å². The highest BCUT2D eigenvalue weighted by Gasteiger charge is 2.22. The van der Waals surface area contributed by atoms with E-state index in [9.17, 15) is 8.42 Å². The summed E-state index contributed by atoms with van der Waals surface area (Å²) in [7, 11) is -1.35. The van der Waals surface area contributed by atoms with Gasteiger partial charge >= 0.3 is 0 Å². The van der Waals surface area contributed by atoms with Crippen molar-refractivity contribution in [2.24, 2.45) is 0 Å². The van der Waals surface area contributed by atoms with E-state index in [1.165, 1.54) is 5.56 Å². The number of thiazole rings is 1. The smallest absolute Gasteiger partial charge is 0.227 e. The molecule has 2 aromatic heterocycles. The van der Waals surface area contributed by atoms with Crippen molar-refractivity contribution in [3.8, 4) is 0 Å². The van der Waals surface area contributed by atoms with Crippen LogP contribution in [-0.4, -0.2) is 40.7 Å². The Balaban J connectivity index is 1.75. The first-order valence-corrected chi connectivity index (χ1v) is 12.3. The van der Waals surface area contributed by atoms with E-state index in [0.717, 1.165) is 35.8 Å². The van der Waals surface area contributed by atoms with E-state index in [-0.39, 0.29) is 10.9 Å². The van der Waals surface area contributed by atoms with Gasteiger partial charge in [0.2, 0.25) is 15.0 Å². The summed E-state index contributed by atoms with van der Waals surface area (Å²) in [6.45, 7) is 5.62. The van der Waals surface area contributed by atoms with Gasteiger partial charge in [-0.2, -0.15) is 0 Å². The lowest BCUT2D eigenvalue weighted by Gasteiger charge is -2.18. The Morgan fingerprint density at radius 3 is 2.59 bits per heavy atom. The number of imidazole rings is 1. The topological polar surface area (TPSA) is 68.1 Å². The van der Waals surface area contributed by atoms with E-state index < -0.39 is 9.84 Å². The largest absolute Gasteiger partial charge is 0.318 e. The molecule has 0 spiro atoms. The van der Waals surface area contributed by atoms with E-state index in [2.05, 4.69) is 32.4 Å². The Bertz CT molecular complexity index is 1030.